The Labute approximate surface area is 153 Å². The number of carbonyl (C=O) groups excluding carboxylic acids is 1. The van der Waals surface area contributed by atoms with Crippen LogP contribution in [0.1, 0.15) is 21.5 Å². The second-order valence-corrected chi connectivity index (χ2v) is 5.53. The number of benzene rings is 2. The molecule has 0 atom stereocenters. The Hall–Kier alpha value is -2.81. The van der Waals surface area contributed by atoms with E-state index in [1.54, 1.807) is 0 Å². The van der Waals surface area contributed by atoms with Crippen molar-refractivity contribution >= 4 is 5.91 Å². The number of ether oxygens (including phenoxy) is 2. The Morgan fingerprint density at radius 1 is 1.15 bits per heavy atom. The summed E-state index contributed by atoms with van der Waals surface area (Å²) >= 11 is 0. The van der Waals surface area contributed by atoms with Crippen molar-refractivity contribution in [2.24, 2.45) is 5.73 Å². The first kappa shape index (κ1) is 20.5. The van der Waals surface area contributed by atoms with Gasteiger partial charge in [-0.1, -0.05) is 0 Å². The summed E-state index contributed by atoms with van der Waals surface area (Å²) in [5, 5.41) is 2.45. The smallest absolute Gasteiger partial charge is 0.416 e. The zero-order valence-corrected chi connectivity index (χ0v) is 14.4. The van der Waals surface area contributed by atoms with Crippen molar-refractivity contribution in [3.05, 3.63) is 58.9 Å². The van der Waals surface area contributed by atoms with Gasteiger partial charge in [0.15, 0.2) is 11.5 Å². The van der Waals surface area contributed by atoms with Crippen molar-refractivity contribution in [3.8, 4) is 11.5 Å². The Bertz CT molecular complexity index is 810. The molecule has 0 heterocycles. The Balaban J connectivity index is 2.11. The van der Waals surface area contributed by atoms with Crippen molar-refractivity contribution in [2.45, 2.75) is 12.7 Å². The average molecular weight is 386 g/mol. The predicted molar refractivity (Wildman–Crippen MR) is 90.1 cm³/mol. The van der Waals surface area contributed by atoms with Crippen molar-refractivity contribution < 1.29 is 31.8 Å². The molecule has 0 saturated heterocycles. The van der Waals surface area contributed by atoms with Gasteiger partial charge >= 0.3 is 6.18 Å². The highest BCUT2D eigenvalue weighted by Crippen LogP contribution is 2.30. The molecule has 3 N–H and O–H groups in total. The van der Waals surface area contributed by atoms with Gasteiger partial charge in [-0.15, -0.1) is 0 Å². The maximum atomic E-state index is 13.4. The van der Waals surface area contributed by atoms with Gasteiger partial charge in [-0.2, -0.15) is 13.2 Å². The number of nitrogens with one attached hydrogen (secondary N) is 1. The zero-order chi connectivity index (χ0) is 20.0. The van der Waals surface area contributed by atoms with Crippen LogP contribution in [0.3, 0.4) is 0 Å². The lowest BCUT2D eigenvalue weighted by molar-refractivity contribution is -0.137. The minimum absolute atomic E-state index is 0.00876. The molecule has 2 aromatic carbocycles. The molecule has 1 amide bonds. The van der Waals surface area contributed by atoms with E-state index in [1.165, 1.54) is 25.3 Å². The normalized spacial score (nSPS) is 11.2. The molecule has 146 valence electrons. The lowest BCUT2D eigenvalue weighted by atomic mass is 10.1. The molecule has 27 heavy (non-hydrogen) atoms. The molecule has 0 bridgehead atoms. The van der Waals surface area contributed by atoms with Crippen molar-refractivity contribution in [1.29, 1.82) is 0 Å². The van der Waals surface area contributed by atoms with Gasteiger partial charge in [0.05, 0.1) is 12.7 Å². The van der Waals surface area contributed by atoms with E-state index in [0.717, 1.165) is 12.1 Å². The maximum absolute atomic E-state index is 13.4. The number of carbonyl (C=O) groups is 1. The summed E-state index contributed by atoms with van der Waals surface area (Å²) in [6.45, 7) is 0.301. The van der Waals surface area contributed by atoms with Crippen LogP contribution in [0.2, 0.25) is 0 Å². The van der Waals surface area contributed by atoms with Crippen LogP contribution in [0.5, 0.6) is 11.5 Å². The van der Waals surface area contributed by atoms with Gasteiger partial charge in [0.25, 0.3) is 5.91 Å². The van der Waals surface area contributed by atoms with E-state index in [1.807, 2.05) is 0 Å². The van der Waals surface area contributed by atoms with Gasteiger partial charge in [0.2, 0.25) is 0 Å². The van der Waals surface area contributed by atoms with Crippen LogP contribution in [0.15, 0.2) is 36.4 Å². The fourth-order valence-corrected chi connectivity index (χ4v) is 2.30. The van der Waals surface area contributed by atoms with Gasteiger partial charge in [-0.25, -0.2) is 4.39 Å². The van der Waals surface area contributed by atoms with E-state index in [0.29, 0.717) is 24.1 Å². The second-order valence-electron chi connectivity index (χ2n) is 5.53. The molecule has 0 radical (unpaired) electrons. The summed E-state index contributed by atoms with van der Waals surface area (Å²) in [4.78, 5) is 12.2. The molecular formula is C18H18F4N2O3. The highest BCUT2D eigenvalue weighted by molar-refractivity contribution is 5.94. The maximum Gasteiger partial charge on any atom is 0.416 e. The van der Waals surface area contributed by atoms with E-state index >= 15 is 0 Å². The third-order valence-corrected chi connectivity index (χ3v) is 3.54. The first-order valence-electron chi connectivity index (χ1n) is 7.90. The van der Waals surface area contributed by atoms with Crippen LogP contribution >= 0.6 is 0 Å². The molecule has 0 aliphatic carbocycles. The number of hydrogen-bond donors (Lipinski definition) is 2. The number of amides is 1. The van der Waals surface area contributed by atoms with Crippen LogP contribution in [-0.2, 0) is 12.7 Å². The Morgan fingerprint density at radius 2 is 1.89 bits per heavy atom. The standard InChI is InChI=1S/C18H18F4N2O3/c1-26-16-8-12(2-3-15(16)27-5-4-23)17(25)24-10-11-6-13(18(20,21)22)9-14(19)7-11/h2-3,6-9H,4-5,10,23H2,1H3,(H,24,25). The van der Waals surface area contributed by atoms with Gasteiger partial charge < -0.3 is 20.5 Å². The molecule has 0 fully saturated rings. The van der Waals surface area contributed by atoms with Crippen molar-refractivity contribution in [1.82, 2.24) is 5.32 Å². The number of hydrogen-bond acceptors (Lipinski definition) is 4. The molecule has 9 heteroatoms. The van der Waals surface area contributed by atoms with Gasteiger partial charge in [-0.3, -0.25) is 4.79 Å². The molecule has 5 nitrogen and oxygen atoms in total. The molecule has 2 rings (SSSR count). The summed E-state index contributed by atoms with van der Waals surface area (Å²) in [6, 6.07) is 6.53. The Kier molecular flexibility index (Phi) is 6.62. The summed E-state index contributed by atoms with van der Waals surface area (Å²) in [7, 11) is 1.40. The average Bonchev–Trinajstić information content (AvgIpc) is 2.63. The van der Waals surface area contributed by atoms with E-state index in [-0.39, 0.29) is 24.3 Å². The molecule has 0 unspecified atom stereocenters. The van der Waals surface area contributed by atoms with E-state index in [9.17, 15) is 22.4 Å². The number of alkyl halides is 3. The number of halogens is 4. The lowest BCUT2D eigenvalue weighted by Gasteiger charge is -2.12. The van der Waals surface area contributed by atoms with Crippen LogP contribution in [0.4, 0.5) is 17.6 Å². The summed E-state index contributed by atoms with van der Waals surface area (Å²) in [6.07, 6.45) is -4.67. The van der Waals surface area contributed by atoms with Crippen molar-refractivity contribution in [3.63, 3.8) is 0 Å². The predicted octanol–water partition coefficient (Wildman–Crippen LogP) is 3.12. The quantitative estimate of drug-likeness (QED) is 0.717. The van der Waals surface area contributed by atoms with Crippen molar-refractivity contribution in [2.75, 3.05) is 20.3 Å². The van der Waals surface area contributed by atoms with Crippen LogP contribution in [0.25, 0.3) is 0 Å². The van der Waals surface area contributed by atoms with E-state index in [2.05, 4.69) is 5.32 Å². The minimum Gasteiger partial charge on any atom is -0.493 e. The minimum atomic E-state index is -4.67. The molecule has 0 aliphatic heterocycles. The Morgan fingerprint density at radius 3 is 2.52 bits per heavy atom. The summed E-state index contributed by atoms with van der Waals surface area (Å²) in [5.74, 6) is -0.880. The molecule has 0 aliphatic rings. The summed E-state index contributed by atoms with van der Waals surface area (Å²) in [5.41, 5.74) is 4.44. The number of rotatable bonds is 7. The monoisotopic (exact) mass is 386 g/mol. The number of nitrogens with two attached hydrogens (primary N) is 1. The van der Waals surface area contributed by atoms with E-state index in [4.69, 9.17) is 15.2 Å². The first-order valence-corrected chi connectivity index (χ1v) is 7.90. The highest BCUT2D eigenvalue weighted by atomic mass is 19.4. The van der Waals surface area contributed by atoms with Crippen LogP contribution < -0.4 is 20.5 Å². The molecule has 0 aromatic heterocycles. The summed E-state index contributed by atoms with van der Waals surface area (Å²) < 4.78 is 62.1. The molecule has 0 spiro atoms. The van der Waals surface area contributed by atoms with Gasteiger partial charge in [-0.05, 0) is 42.0 Å². The SMILES string of the molecule is COc1cc(C(=O)NCc2cc(F)cc(C(F)(F)F)c2)ccc1OCCN. The van der Waals surface area contributed by atoms with Crippen LogP contribution in [0, 0.1) is 5.82 Å². The van der Waals surface area contributed by atoms with Crippen LogP contribution in [-0.4, -0.2) is 26.2 Å². The lowest BCUT2D eigenvalue weighted by Crippen LogP contribution is -2.23. The fraction of sp³-hybridized carbons (Fsp3) is 0.278. The largest absolute Gasteiger partial charge is 0.493 e. The molecule has 0 saturated carbocycles. The first-order chi connectivity index (χ1) is 12.7. The number of methoxy groups -OCH3 is 1. The fourth-order valence-electron chi connectivity index (χ4n) is 2.30. The third-order valence-electron chi connectivity index (χ3n) is 3.54. The van der Waals surface area contributed by atoms with E-state index < -0.39 is 23.5 Å². The zero-order valence-electron chi connectivity index (χ0n) is 14.4. The topological polar surface area (TPSA) is 73.6 Å². The van der Waals surface area contributed by atoms with Gasteiger partial charge in [0.1, 0.15) is 12.4 Å². The second kappa shape index (κ2) is 8.72. The highest BCUT2D eigenvalue weighted by Gasteiger charge is 2.31. The van der Waals surface area contributed by atoms with Gasteiger partial charge in [0, 0.05) is 18.7 Å². The third kappa shape index (κ3) is 5.58. The molecule has 2 aromatic rings. The molecular weight excluding hydrogens is 368 g/mol.